The first-order chi connectivity index (χ1) is 12.2. The second kappa shape index (κ2) is 6.25. The molecular weight excluding hydrogens is 361 g/mol. The highest BCUT2D eigenvalue weighted by Gasteiger charge is 2.29. The van der Waals surface area contributed by atoms with Crippen molar-refractivity contribution < 1.29 is 31.5 Å². The van der Waals surface area contributed by atoms with Gasteiger partial charge in [0.1, 0.15) is 5.56 Å². The molecule has 0 aliphatic heterocycles. The number of rotatable bonds is 2. The highest BCUT2D eigenvalue weighted by molar-refractivity contribution is 5.94. The second-order valence-corrected chi connectivity index (χ2v) is 5.39. The first kappa shape index (κ1) is 17.6. The first-order valence-corrected chi connectivity index (χ1v) is 7.08. The minimum absolute atomic E-state index is 0.391. The lowest BCUT2D eigenvalue weighted by Crippen LogP contribution is -2.22. The van der Waals surface area contributed by atoms with Gasteiger partial charge in [0, 0.05) is 5.52 Å². The fraction of sp³-hybridized carbons (Fsp3) is 0.0588. The molecule has 0 bridgehead atoms. The molecule has 0 aliphatic rings. The van der Waals surface area contributed by atoms with E-state index in [9.17, 15) is 31.5 Å². The largest absolute Gasteiger partial charge is 0.416 e. The molecule has 0 aliphatic carbocycles. The Morgan fingerprint density at radius 2 is 1.50 bits per heavy atom. The normalized spacial score (nSPS) is 11.0. The molecule has 0 amide bonds. The number of esters is 1. The number of benzene rings is 2. The molecule has 134 valence electrons. The molecular formula is C17H8F5NO3. The fourth-order valence-corrected chi connectivity index (χ4v) is 2.29. The molecule has 1 aromatic heterocycles. The number of halogens is 5. The van der Waals surface area contributed by atoms with Crippen LogP contribution in [0.1, 0.15) is 15.9 Å². The van der Waals surface area contributed by atoms with E-state index >= 15 is 0 Å². The topological polar surface area (TPSA) is 59.2 Å². The Hall–Kier alpha value is -3.23. The zero-order chi connectivity index (χ0) is 19.2. The van der Waals surface area contributed by atoms with Crippen LogP contribution in [0.2, 0.25) is 0 Å². The summed E-state index contributed by atoms with van der Waals surface area (Å²) in [5.74, 6) is -14.9. The number of aromatic amines is 1. The number of nitrogens with one attached hydrogen (secondary N) is 1. The van der Waals surface area contributed by atoms with Gasteiger partial charge in [-0.15, -0.1) is 0 Å². The molecule has 0 saturated heterocycles. The van der Waals surface area contributed by atoms with Crippen LogP contribution in [-0.2, 0) is 0 Å². The zero-order valence-corrected chi connectivity index (χ0v) is 12.9. The number of carbonyl (C=O) groups is 1. The van der Waals surface area contributed by atoms with Gasteiger partial charge in [-0.05, 0) is 30.0 Å². The molecule has 0 radical (unpaired) electrons. The van der Waals surface area contributed by atoms with Gasteiger partial charge in [0.15, 0.2) is 0 Å². The van der Waals surface area contributed by atoms with E-state index in [2.05, 4.69) is 9.72 Å². The minimum Gasteiger partial charge on any atom is -0.416 e. The zero-order valence-electron chi connectivity index (χ0n) is 12.9. The molecule has 9 heteroatoms. The van der Waals surface area contributed by atoms with Crippen LogP contribution in [0.3, 0.4) is 0 Å². The Kier molecular flexibility index (Phi) is 4.23. The number of aromatic nitrogens is 1. The van der Waals surface area contributed by atoms with Gasteiger partial charge in [0.05, 0.1) is 0 Å². The van der Waals surface area contributed by atoms with E-state index < -0.39 is 51.9 Å². The number of hydrogen-bond donors (Lipinski definition) is 1. The van der Waals surface area contributed by atoms with E-state index in [4.69, 9.17) is 0 Å². The number of fused-ring (bicyclic) bond motifs is 1. The standard InChI is InChI=1S/C17H8F5NO3/c1-6-2-3-7-5-8(16(24)23-9(7)4-6)17(25)26-15-13(21)11(19)10(18)12(20)14(15)22/h2-5H,1H3,(H,23,24). The summed E-state index contributed by atoms with van der Waals surface area (Å²) in [7, 11) is 0. The van der Waals surface area contributed by atoms with Crippen LogP contribution in [0.4, 0.5) is 22.0 Å². The van der Waals surface area contributed by atoms with Crippen molar-refractivity contribution in [1.29, 1.82) is 0 Å². The Morgan fingerprint density at radius 1 is 0.923 bits per heavy atom. The monoisotopic (exact) mass is 369 g/mol. The van der Waals surface area contributed by atoms with E-state index in [-0.39, 0.29) is 0 Å². The number of pyridine rings is 1. The maximum Gasteiger partial charge on any atom is 0.349 e. The van der Waals surface area contributed by atoms with E-state index in [1.54, 1.807) is 25.1 Å². The molecule has 2 aromatic carbocycles. The van der Waals surface area contributed by atoms with Crippen molar-refractivity contribution >= 4 is 16.9 Å². The predicted octanol–water partition coefficient (Wildman–Crippen LogP) is 3.75. The fourth-order valence-electron chi connectivity index (χ4n) is 2.29. The summed E-state index contributed by atoms with van der Waals surface area (Å²) in [5.41, 5.74) is -0.394. The molecule has 1 heterocycles. The predicted molar refractivity (Wildman–Crippen MR) is 80.5 cm³/mol. The lowest BCUT2D eigenvalue weighted by atomic mass is 10.1. The van der Waals surface area contributed by atoms with Crippen LogP contribution in [-0.4, -0.2) is 11.0 Å². The number of H-pyrrole nitrogens is 1. The van der Waals surface area contributed by atoms with Crippen molar-refractivity contribution in [3.8, 4) is 5.75 Å². The third kappa shape index (κ3) is 2.81. The van der Waals surface area contributed by atoms with Gasteiger partial charge < -0.3 is 9.72 Å². The van der Waals surface area contributed by atoms with Gasteiger partial charge in [-0.3, -0.25) is 4.79 Å². The molecule has 26 heavy (non-hydrogen) atoms. The van der Waals surface area contributed by atoms with Crippen molar-refractivity contribution in [3.63, 3.8) is 0 Å². The van der Waals surface area contributed by atoms with Crippen LogP contribution < -0.4 is 10.3 Å². The van der Waals surface area contributed by atoms with Crippen molar-refractivity contribution in [2.24, 2.45) is 0 Å². The highest BCUT2D eigenvalue weighted by atomic mass is 19.2. The smallest absolute Gasteiger partial charge is 0.349 e. The molecule has 0 atom stereocenters. The third-order valence-electron chi connectivity index (χ3n) is 3.59. The van der Waals surface area contributed by atoms with Crippen molar-refractivity contribution in [3.05, 3.63) is 74.8 Å². The summed E-state index contributed by atoms with van der Waals surface area (Å²) in [6, 6.07) is 5.95. The van der Waals surface area contributed by atoms with Crippen LogP contribution in [0.25, 0.3) is 10.9 Å². The first-order valence-electron chi connectivity index (χ1n) is 7.08. The van der Waals surface area contributed by atoms with Crippen molar-refractivity contribution in [1.82, 2.24) is 4.98 Å². The minimum atomic E-state index is -2.39. The van der Waals surface area contributed by atoms with E-state index in [0.717, 1.165) is 11.6 Å². The summed E-state index contributed by atoms with van der Waals surface area (Å²) >= 11 is 0. The van der Waals surface area contributed by atoms with E-state index in [0.29, 0.717) is 10.9 Å². The maximum absolute atomic E-state index is 13.6. The number of ether oxygens (including phenoxy) is 1. The SMILES string of the molecule is Cc1ccc2cc(C(=O)Oc3c(F)c(F)c(F)c(F)c3F)c(=O)[nH]c2c1. The van der Waals surface area contributed by atoms with Crippen LogP contribution in [0, 0.1) is 36.0 Å². The average molecular weight is 369 g/mol. The average Bonchev–Trinajstić information content (AvgIpc) is 2.61. The van der Waals surface area contributed by atoms with Crippen LogP contribution in [0.5, 0.6) is 5.75 Å². The molecule has 3 aromatic rings. The highest BCUT2D eigenvalue weighted by Crippen LogP contribution is 2.29. The molecule has 0 fully saturated rings. The molecule has 4 nitrogen and oxygen atoms in total. The van der Waals surface area contributed by atoms with Gasteiger partial charge in [-0.2, -0.15) is 8.78 Å². The molecule has 0 unspecified atom stereocenters. The van der Waals surface area contributed by atoms with Crippen LogP contribution >= 0.6 is 0 Å². The van der Waals surface area contributed by atoms with Gasteiger partial charge in [-0.25, -0.2) is 18.0 Å². The Labute approximate surface area is 141 Å². The summed E-state index contributed by atoms with van der Waals surface area (Å²) in [6.07, 6.45) is 0. The summed E-state index contributed by atoms with van der Waals surface area (Å²) in [5, 5.41) is 0.402. The van der Waals surface area contributed by atoms with Gasteiger partial charge >= 0.3 is 5.97 Å². The molecule has 3 rings (SSSR count). The summed E-state index contributed by atoms with van der Waals surface area (Å²) < 4.78 is 70.8. The van der Waals surface area contributed by atoms with E-state index in [1.807, 2.05) is 0 Å². The Morgan fingerprint density at radius 3 is 2.12 bits per heavy atom. The number of aryl methyl sites for hydroxylation is 1. The van der Waals surface area contributed by atoms with Gasteiger partial charge in [-0.1, -0.05) is 12.1 Å². The van der Waals surface area contributed by atoms with Crippen molar-refractivity contribution in [2.45, 2.75) is 6.92 Å². The second-order valence-electron chi connectivity index (χ2n) is 5.39. The third-order valence-corrected chi connectivity index (χ3v) is 3.59. The number of carbonyl (C=O) groups excluding carboxylic acids is 1. The summed E-state index contributed by atoms with van der Waals surface area (Å²) in [6.45, 7) is 1.77. The maximum atomic E-state index is 13.6. The summed E-state index contributed by atoms with van der Waals surface area (Å²) in [4.78, 5) is 26.4. The molecule has 0 spiro atoms. The molecule has 1 N–H and O–H groups in total. The Bertz CT molecular complexity index is 1090. The van der Waals surface area contributed by atoms with Crippen molar-refractivity contribution in [2.75, 3.05) is 0 Å². The lowest BCUT2D eigenvalue weighted by Gasteiger charge is -2.09. The van der Waals surface area contributed by atoms with E-state index in [1.165, 1.54) is 0 Å². The van der Waals surface area contributed by atoms with Gasteiger partial charge in [0.25, 0.3) is 5.56 Å². The van der Waals surface area contributed by atoms with Crippen LogP contribution in [0.15, 0.2) is 29.1 Å². The number of hydrogen-bond acceptors (Lipinski definition) is 3. The van der Waals surface area contributed by atoms with Gasteiger partial charge in [0.2, 0.25) is 34.8 Å². The lowest BCUT2D eigenvalue weighted by molar-refractivity contribution is 0.0714. The quantitative estimate of drug-likeness (QED) is 0.246. The Balaban J connectivity index is 2.07. The molecule has 0 saturated carbocycles.